The van der Waals surface area contributed by atoms with Crippen LogP contribution in [0.25, 0.3) is 22.3 Å². The Hall–Kier alpha value is -4.18. The van der Waals surface area contributed by atoms with E-state index >= 15 is 0 Å². The van der Waals surface area contributed by atoms with Gasteiger partial charge in [0.05, 0.1) is 40.6 Å². The molecule has 2 N–H and O–H groups in total. The molecule has 1 aromatic heterocycles. The van der Waals surface area contributed by atoms with Gasteiger partial charge in [-0.3, -0.25) is 9.59 Å². The second-order valence-corrected chi connectivity index (χ2v) is 10.2. The first-order valence-corrected chi connectivity index (χ1v) is 13.4. The van der Waals surface area contributed by atoms with Crippen LogP contribution in [0.1, 0.15) is 58.9 Å². The fraction of sp³-hybridized carbons (Fsp3) is 0.267. The lowest BCUT2D eigenvalue weighted by Gasteiger charge is -2.27. The number of aromatic nitrogens is 2. The quantitative estimate of drug-likeness (QED) is 0.216. The summed E-state index contributed by atoms with van der Waals surface area (Å²) in [5.74, 6) is -1.17. The highest BCUT2D eigenvalue weighted by atomic mass is 35.5. The Morgan fingerprint density at radius 3 is 2.51 bits per heavy atom. The predicted molar refractivity (Wildman–Crippen MR) is 147 cm³/mol. The van der Waals surface area contributed by atoms with Crippen molar-refractivity contribution in [3.8, 4) is 17.0 Å². The average molecular weight is 584 g/mol. The summed E-state index contributed by atoms with van der Waals surface area (Å²) in [6, 6.07) is 14.9. The minimum Gasteiger partial charge on any atom is -0.493 e. The minimum absolute atomic E-state index is 0.0501. The fourth-order valence-electron chi connectivity index (χ4n) is 4.77. The number of hydrogen-bond donors (Lipinski definition) is 2. The summed E-state index contributed by atoms with van der Waals surface area (Å²) < 4.78 is 44.8. The van der Waals surface area contributed by atoms with Crippen LogP contribution in [0.3, 0.4) is 0 Å². The van der Waals surface area contributed by atoms with Crippen molar-refractivity contribution in [2.45, 2.75) is 44.3 Å². The van der Waals surface area contributed by atoms with Gasteiger partial charge in [-0.05, 0) is 61.7 Å². The Morgan fingerprint density at radius 1 is 1.00 bits per heavy atom. The molecule has 0 saturated heterocycles. The molecule has 0 bridgehead atoms. The van der Waals surface area contributed by atoms with Crippen molar-refractivity contribution in [2.75, 3.05) is 6.61 Å². The number of rotatable bonds is 8. The lowest BCUT2D eigenvalue weighted by atomic mass is 9.98. The third kappa shape index (κ3) is 6.59. The number of carboxylic acid groups (broad SMARTS) is 1. The molecule has 1 aliphatic rings. The van der Waals surface area contributed by atoms with E-state index in [1.54, 1.807) is 30.3 Å². The number of carboxylic acids is 1. The van der Waals surface area contributed by atoms with E-state index in [0.717, 1.165) is 17.7 Å². The van der Waals surface area contributed by atoms with E-state index < -0.39 is 29.7 Å². The molecule has 212 valence electrons. The molecule has 0 aliphatic carbocycles. The van der Waals surface area contributed by atoms with Crippen LogP contribution in [-0.4, -0.2) is 33.6 Å². The molecule has 0 saturated carbocycles. The van der Waals surface area contributed by atoms with Gasteiger partial charge in [-0.1, -0.05) is 29.8 Å². The molecule has 0 radical (unpaired) electrons. The molecule has 5 rings (SSSR count). The molecule has 3 aromatic carbocycles. The molecule has 1 aliphatic heterocycles. The molecule has 0 fully saturated rings. The average Bonchev–Trinajstić information content (AvgIpc) is 2.94. The van der Waals surface area contributed by atoms with Crippen LogP contribution in [0.15, 0.2) is 60.7 Å². The highest BCUT2D eigenvalue weighted by Crippen LogP contribution is 2.38. The smallest absolute Gasteiger partial charge is 0.416 e. The van der Waals surface area contributed by atoms with Gasteiger partial charge in [0.1, 0.15) is 5.75 Å². The van der Waals surface area contributed by atoms with Crippen LogP contribution >= 0.6 is 11.6 Å². The third-order valence-electron chi connectivity index (χ3n) is 6.86. The number of halogens is 4. The normalized spacial score (nSPS) is 14.8. The van der Waals surface area contributed by atoms with Crippen LogP contribution < -0.4 is 10.1 Å². The number of aliphatic carboxylic acids is 1. The number of fused-ring (bicyclic) bond motifs is 2. The minimum atomic E-state index is -4.50. The van der Waals surface area contributed by atoms with Crippen LogP contribution in [0, 0.1) is 0 Å². The maximum Gasteiger partial charge on any atom is 0.416 e. The highest BCUT2D eigenvalue weighted by Gasteiger charge is 2.33. The summed E-state index contributed by atoms with van der Waals surface area (Å²) in [5, 5.41) is 12.5. The van der Waals surface area contributed by atoms with Crippen molar-refractivity contribution in [1.82, 2.24) is 15.3 Å². The second kappa shape index (κ2) is 11.7. The van der Waals surface area contributed by atoms with E-state index in [9.17, 15) is 22.8 Å². The zero-order valence-electron chi connectivity index (χ0n) is 21.7. The summed E-state index contributed by atoms with van der Waals surface area (Å²) in [4.78, 5) is 33.8. The maximum atomic E-state index is 13.2. The third-order valence-corrected chi connectivity index (χ3v) is 7.11. The Kier molecular flexibility index (Phi) is 8.12. The number of hydrogen-bond acceptors (Lipinski definition) is 5. The van der Waals surface area contributed by atoms with Gasteiger partial charge >= 0.3 is 12.1 Å². The Labute approximate surface area is 238 Å². The standard InChI is InChI=1S/C30H25ClF3N3O4/c31-20-9-5-17(6-10-20)28-24(3-1-2-4-27(38)39)35-25-15-18(7-12-23(25)36-28)29(40)37-22-13-14-41-26-16-19(30(32,33)34)8-11-21(22)26/h5-12,15-16,22H,1-4,13-14H2,(H,37,40)(H,38,39)/t22-/m0/s1. The number of benzene rings is 3. The number of unbranched alkanes of at least 4 members (excludes halogenated alkanes) is 1. The molecular formula is C30H25ClF3N3O4. The van der Waals surface area contributed by atoms with Crippen molar-refractivity contribution >= 4 is 34.5 Å². The van der Waals surface area contributed by atoms with Gasteiger partial charge in [-0.15, -0.1) is 0 Å². The summed E-state index contributed by atoms with van der Waals surface area (Å²) >= 11 is 6.05. The molecule has 41 heavy (non-hydrogen) atoms. The molecule has 1 atom stereocenters. The highest BCUT2D eigenvalue weighted by molar-refractivity contribution is 6.30. The number of ether oxygens (including phenoxy) is 1. The number of carbonyl (C=O) groups excluding carboxylic acids is 1. The van der Waals surface area contributed by atoms with Gasteiger partial charge in [0.2, 0.25) is 0 Å². The number of amides is 1. The number of nitrogens with one attached hydrogen (secondary N) is 1. The molecule has 2 heterocycles. The van der Waals surface area contributed by atoms with Crippen molar-refractivity contribution in [2.24, 2.45) is 0 Å². The van der Waals surface area contributed by atoms with E-state index in [1.807, 2.05) is 12.1 Å². The van der Waals surface area contributed by atoms with Gasteiger partial charge in [0.15, 0.2) is 0 Å². The summed E-state index contributed by atoms with van der Waals surface area (Å²) in [6.07, 6.45) is -2.48. The number of carbonyl (C=O) groups is 2. The van der Waals surface area contributed by atoms with Gasteiger partial charge in [-0.25, -0.2) is 9.97 Å². The second-order valence-electron chi connectivity index (χ2n) is 9.74. The van der Waals surface area contributed by atoms with Crippen molar-refractivity contribution in [3.05, 3.63) is 88.1 Å². The zero-order valence-corrected chi connectivity index (χ0v) is 22.4. The Bertz CT molecular complexity index is 1610. The fourth-order valence-corrected chi connectivity index (χ4v) is 4.90. The van der Waals surface area contributed by atoms with E-state index in [-0.39, 0.29) is 18.8 Å². The Morgan fingerprint density at radius 2 is 1.78 bits per heavy atom. The topological polar surface area (TPSA) is 101 Å². The number of alkyl halides is 3. The monoisotopic (exact) mass is 583 g/mol. The summed E-state index contributed by atoms with van der Waals surface area (Å²) in [7, 11) is 0. The van der Waals surface area contributed by atoms with Gasteiger partial charge in [0, 0.05) is 34.6 Å². The molecule has 0 unspecified atom stereocenters. The Balaban J connectivity index is 1.41. The maximum absolute atomic E-state index is 13.2. The van der Waals surface area contributed by atoms with Gasteiger partial charge in [0.25, 0.3) is 5.91 Å². The van der Waals surface area contributed by atoms with Crippen molar-refractivity contribution < 1.29 is 32.6 Å². The van der Waals surface area contributed by atoms with Crippen molar-refractivity contribution in [1.29, 1.82) is 0 Å². The lowest BCUT2D eigenvalue weighted by Crippen LogP contribution is -2.32. The largest absolute Gasteiger partial charge is 0.493 e. The lowest BCUT2D eigenvalue weighted by molar-refractivity contribution is -0.138. The van der Waals surface area contributed by atoms with E-state index in [4.69, 9.17) is 31.4 Å². The van der Waals surface area contributed by atoms with Crippen LogP contribution in [0.5, 0.6) is 5.75 Å². The first-order chi connectivity index (χ1) is 19.6. The van der Waals surface area contributed by atoms with E-state index in [1.165, 1.54) is 6.07 Å². The van der Waals surface area contributed by atoms with Crippen LogP contribution in [0.4, 0.5) is 13.2 Å². The molecular weight excluding hydrogens is 559 g/mol. The molecule has 11 heteroatoms. The number of aryl methyl sites for hydroxylation is 1. The van der Waals surface area contributed by atoms with E-state index in [0.29, 0.717) is 64.3 Å². The van der Waals surface area contributed by atoms with Gasteiger partial charge in [-0.2, -0.15) is 13.2 Å². The first-order valence-electron chi connectivity index (χ1n) is 13.0. The van der Waals surface area contributed by atoms with E-state index in [2.05, 4.69) is 5.32 Å². The summed E-state index contributed by atoms with van der Waals surface area (Å²) in [5.41, 5.74) is 3.18. The van der Waals surface area contributed by atoms with Crippen molar-refractivity contribution in [3.63, 3.8) is 0 Å². The SMILES string of the molecule is O=C(O)CCCCc1nc2cc(C(=O)N[C@H]3CCOc4cc(C(F)(F)F)ccc43)ccc2nc1-c1ccc(Cl)cc1. The van der Waals surface area contributed by atoms with Crippen LogP contribution in [0.2, 0.25) is 5.02 Å². The molecule has 1 amide bonds. The zero-order chi connectivity index (χ0) is 29.1. The first kappa shape index (κ1) is 28.4. The van der Waals surface area contributed by atoms with Crippen LogP contribution in [-0.2, 0) is 17.4 Å². The summed E-state index contributed by atoms with van der Waals surface area (Å²) in [6.45, 7) is 0.168. The number of nitrogens with zero attached hydrogens (tertiary/aromatic N) is 2. The molecule has 0 spiro atoms. The molecule has 4 aromatic rings. The molecule has 7 nitrogen and oxygen atoms in total. The van der Waals surface area contributed by atoms with Gasteiger partial charge < -0.3 is 15.2 Å². The predicted octanol–water partition coefficient (Wildman–Crippen LogP) is 7.02.